The van der Waals surface area contributed by atoms with Gasteiger partial charge in [0.1, 0.15) is 12.2 Å². The highest BCUT2D eigenvalue weighted by Gasteiger charge is 2.46. The average molecular weight is 374 g/mol. The van der Waals surface area contributed by atoms with E-state index in [0.29, 0.717) is 0 Å². The molecule has 27 heavy (non-hydrogen) atoms. The third kappa shape index (κ3) is 4.73. The predicted molar refractivity (Wildman–Crippen MR) is 102 cm³/mol. The summed E-state index contributed by atoms with van der Waals surface area (Å²) in [4.78, 5) is 28.6. The first-order chi connectivity index (χ1) is 12.7. The zero-order valence-electron chi connectivity index (χ0n) is 16.7. The van der Waals surface area contributed by atoms with Crippen LogP contribution in [0.2, 0.25) is 0 Å². The van der Waals surface area contributed by atoms with Crippen LogP contribution in [-0.2, 0) is 16.1 Å². The van der Waals surface area contributed by atoms with E-state index >= 15 is 0 Å². The lowest BCUT2D eigenvalue weighted by Gasteiger charge is -2.42. The van der Waals surface area contributed by atoms with Crippen molar-refractivity contribution in [1.29, 1.82) is 0 Å². The molecule has 0 unspecified atom stereocenters. The summed E-state index contributed by atoms with van der Waals surface area (Å²) in [6.45, 7) is 5.93. The molecule has 2 heterocycles. The van der Waals surface area contributed by atoms with E-state index in [1.54, 1.807) is 11.9 Å². The van der Waals surface area contributed by atoms with Crippen molar-refractivity contribution in [3.63, 3.8) is 0 Å². The van der Waals surface area contributed by atoms with Crippen LogP contribution in [0.1, 0.15) is 52.0 Å². The molecule has 2 saturated heterocycles. The lowest BCUT2D eigenvalue weighted by Crippen LogP contribution is -2.53. The van der Waals surface area contributed by atoms with E-state index in [4.69, 9.17) is 9.47 Å². The van der Waals surface area contributed by atoms with Gasteiger partial charge in [0.25, 0.3) is 0 Å². The summed E-state index contributed by atoms with van der Waals surface area (Å²) in [5, 5.41) is 0. The van der Waals surface area contributed by atoms with E-state index in [9.17, 15) is 9.59 Å². The Morgan fingerprint density at radius 2 is 1.70 bits per heavy atom. The van der Waals surface area contributed by atoms with Crippen molar-refractivity contribution in [2.24, 2.45) is 0 Å². The molecule has 6 heteroatoms. The number of carbonyl (C=O) groups excluding carboxylic acids is 2. The van der Waals surface area contributed by atoms with Crippen LogP contribution < -0.4 is 0 Å². The maximum Gasteiger partial charge on any atom is 0.410 e. The highest BCUT2D eigenvalue weighted by Crippen LogP contribution is 2.38. The molecule has 2 amide bonds. The molecular weight excluding hydrogens is 344 g/mol. The van der Waals surface area contributed by atoms with Crippen LogP contribution in [0, 0.1) is 0 Å². The Kier molecular flexibility index (Phi) is 5.63. The zero-order chi connectivity index (χ0) is 19.6. The minimum absolute atomic E-state index is 0.0875. The van der Waals surface area contributed by atoms with Crippen molar-refractivity contribution in [3.8, 4) is 0 Å². The highest BCUT2D eigenvalue weighted by atomic mass is 16.6. The normalized spacial score (nSPS) is 24.4. The van der Waals surface area contributed by atoms with E-state index in [2.05, 4.69) is 0 Å². The molecule has 3 atom stereocenters. The zero-order valence-corrected chi connectivity index (χ0v) is 16.7. The number of hydrogen-bond donors (Lipinski definition) is 0. The van der Waals surface area contributed by atoms with Crippen molar-refractivity contribution in [2.75, 3.05) is 7.05 Å². The van der Waals surface area contributed by atoms with Gasteiger partial charge in [-0.15, -0.1) is 0 Å². The Labute approximate surface area is 161 Å². The van der Waals surface area contributed by atoms with Crippen molar-refractivity contribution in [1.82, 2.24) is 9.80 Å². The summed E-state index contributed by atoms with van der Waals surface area (Å²) in [5.41, 5.74) is 0.477. The summed E-state index contributed by atoms with van der Waals surface area (Å²) in [5.74, 6) is 0. The Morgan fingerprint density at radius 3 is 2.26 bits per heavy atom. The average Bonchev–Trinajstić information content (AvgIpc) is 2.88. The number of piperidine rings is 1. The number of benzene rings is 1. The smallest absolute Gasteiger partial charge is 0.410 e. The SMILES string of the molecule is CN(C(=O)OCc1ccccc1)[C@H]1C[C@H]2CC[C@@H](C1)N2C(=O)OC(C)(C)C. The predicted octanol–water partition coefficient (Wildman–Crippen LogP) is 4.19. The first-order valence-electron chi connectivity index (χ1n) is 9.69. The van der Waals surface area contributed by atoms with E-state index in [-0.39, 0.29) is 36.9 Å². The lowest BCUT2D eigenvalue weighted by molar-refractivity contribution is -0.00250. The molecule has 0 spiro atoms. The van der Waals surface area contributed by atoms with E-state index in [0.717, 1.165) is 31.2 Å². The van der Waals surface area contributed by atoms with Crippen LogP contribution in [0.5, 0.6) is 0 Å². The molecule has 6 nitrogen and oxygen atoms in total. The number of amides is 2. The summed E-state index contributed by atoms with van der Waals surface area (Å²) in [7, 11) is 1.79. The first-order valence-corrected chi connectivity index (χ1v) is 9.69. The molecule has 2 fully saturated rings. The highest BCUT2D eigenvalue weighted by molar-refractivity contribution is 5.70. The van der Waals surface area contributed by atoms with E-state index in [1.807, 2.05) is 56.0 Å². The Morgan fingerprint density at radius 1 is 1.11 bits per heavy atom. The molecule has 0 saturated carbocycles. The fraction of sp³-hybridized carbons (Fsp3) is 0.619. The number of nitrogens with zero attached hydrogens (tertiary/aromatic N) is 2. The Balaban J connectivity index is 1.55. The molecule has 0 N–H and O–H groups in total. The second kappa shape index (κ2) is 7.79. The van der Waals surface area contributed by atoms with Crippen molar-refractivity contribution in [2.45, 2.75) is 76.8 Å². The van der Waals surface area contributed by atoms with Gasteiger partial charge in [-0.25, -0.2) is 9.59 Å². The number of rotatable bonds is 3. The van der Waals surface area contributed by atoms with Gasteiger partial charge in [0.2, 0.25) is 0 Å². The minimum atomic E-state index is -0.495. The third-order valence-corrected chi connectivity index (χ3v) is 5.35. The van der Waals surface area contributed by atoms with E-state index < -0.39 is 5.60 Å². The van der Waals surface area contributed by atoms with Crippen LogP contribution in [0.4, 0.5) is 9.59 Å². The fourth-order valence-electron chi connectivity index (χ4n) is 4.05. The molecule has 0 aromatic heterocycles. The Hall–Kier alpha value is -2.24. The molecule has 3 rings (SSSR count). The first kappa shape index (κ1) is 19.5. The Bertz CT molecular complexity index is 657. The van der Waals surface area contributed by atoms with Gasteiger partial charge < -0.3 is 19.3 Å². The number of fused-ring (bicyclic) bond motifs is 2. The van der Waals surface area contributed by atoms with E-state index in [1.165, 1.54) is 0 Å². The van der Waals surface area contributed by atoms with Crippen LogP contribution >= 0.6 is 0 Å². The molecule has 0 radical (unpaired) electrons. The molecule has 1 aromatic carbocycles. The number of hydrogen-bond acceptors (Lipinski definition) is 4. The molecule has 2 aliphatic heterocycles. The molecular formula is C21H30N2O4. The minimum Gasteiger partial charge on any atom is -0.445 e. The van der Waals surface area contributed by atoms with Crippen molar-refractivity contribution in [3.05, 3.63) is 35.9 Å². The van der Waals surface area contributed by atoms with Crippen LogP contribution in [0.15, 0.2) is 30.3 Å². The molecule has 0 aliphatic carbocycles. The van der Waals surface area contributed by atoms with Crippen molar-refractivity contribution >= 4 is 12.2 Å². The summed E-state index contributed by atoms with van der Waals surface area (Å²) in [6.07, 6.45) is 2.93. The summed E-state index contributed by atoms with van der Waals surface area (Å²) >= 11 is 0. The second-order valence-corrected chi connectivity index (χ2v) is 8.55. The monoisotopic (exact) mass is 374 g/mol. The van der Waals surface area contributed by atoms with Crippen LogP contribution in [-0.4, -0.2) is 52.8 Å². The van der Waals surface area contributed by atoms with Gasteiger partial charge in [0.05, 0.1) is 0 Å². The van der Waals surface area contributed by atoms with Gasteiger partial charge >= 0.3 is 12.2 Å². The summed E-state index contributed by atoms with van der Waals surface area (Å²) < 4.78 is 11.0. The van der Waals surface area contributed by atoms with Gasteiger partial charge in [0, 0.05) is 25.2 Å². The van der Waals surface area contributed by atoms with Gasteiger partial charge in [-0.3, -0.25) is 0 Å². The molecule has 1 aromatic rings. The summed E-state index contributed by atoms with van der Waals surface area (Å²) in [6, 6.07) is 10.0. The number of carbonyl (C=O) groups is 2. The van der Waals surface area contributed by atoms with Gasteiger partial charge in [-0.05, 0) is 52.0 Å². The van der Waals surface area contributed by atoms with Gasteiger partial charge in [-0.1, -0.05) is 30.3 Å². The third-order valence-electron chi connectivity index (χ3n) is 5.35. The maximum absolute atomic E-state index is 12.5. The second-order valence-electron chi connectivity index (χ2n) is 8.55. The fourth-order valence-corrected chi connectivity index (χ4v) is 4.05. The van der Waals surface area contributed by atoms with Crippen LogP contribution in [0.3, 0.4) is 0 Å². The maximum atomic E-state index is 12.5. The quantitative estimate of drug-likeness (QED) is 0.796. The largest absolute Gasteiger partial charge is 0.445 e. The van der Waals surface area contributed by atoms with Crippen LogP contribution in [0.25, 0.3) is 0 Å². The number of ether oxygens (including phenoxy) is 2. The molecule has 148 valence electrons. The lowest BCUT2D eigenvalue weighted by atomic mass is 9.97. The van der Waals surface area contributed by atoms with Crippen molar-refractivity contribution < 1.29 is 19.1 Å². The topological polar surface area (TPSA) is 59.1 Å². The molecule has 2 bridgehead atoms. The van der Waals surface area contributed by atoms with Gasteiger partial charge in [-0.2, -0.15) is 0 Å². The standard InChI is InChI=1S/C21H30N2O4/c1-21(2,3)27-20(25)23-16-10-11-17(23)13-18(12-16)22(4)19(24)26-14-15-8-6-5-7-9-15/h5-9,16-18H,10-14H2,1-4H3/t16-,17+,18+. The molecule has 2 aliphatic rings. The van der Waals surface area contributed by atoms with Gasteiger partial charge in [0.15, 0.2) is 0 Å².